The average molecular weight is 236 g/mol. The Bertz CT molecular complexity index is 376. The third-order valence-electron chi connectivity index (χ3n) is 3.67. The monoisotopic (exact) mass is 236 g/mol. The molecule has 16 heavy (non-hydrogen) atoms. The summed E-state index contributed by atoms with van der Waals surface area (Å²) in [4.78, 5) is 15.4. The van der Waals surface area contributed by atoms with Crippen LogP contribution in [0, 0.1) is 5.92 Å². The van der Waals surface area contributed by atoms with Gasteiger partial charge in [0.05, 0.1) is 6.42 Å². The van der Waals surface area contributed by atoms with E-state index in [0.29, 0.717) is 24.3 Å². The Morgan fingerprint density at radius 3 is 3.31 bits per heavy atom. The predicted octanol–water partition coefficient (Wildman–Crippen LogP) is 1.11. The molecule has 0 bridgehead atoms. The highest BCUT2D eigenvalue weighted by Crippen LogP contribution is 2.27. The van der Waals surface area contributed by atoms with Crippen LogP contribution in [0.15, 0.2) is 17.5 Å². The summed E-state index contributed by atoms with van der Waals surface area (Å²) in [7, 11) is 0. The standard InChI is InChI=1S/C12H16N2OS/c15-12(6-10-2-1-5-16-10)14-4-3-9-7-13-8-11(9)14/h1-2,5,9,11,13H,3-4,6-8H2/t9-,11+/m0/s1. The van der Waals surface area contributed by atoms with Gasteiger partial charge < -0.3 is 10.2 Å². The molecule has 0 radical (unpaired) electrons. The minimum absolute atomic E-state index is 0.304. The van der Waals surface area contributed by atoms with Crippen LogP contribution in [0.25, 0.3) is 0 Å². The largest absolute Gasteiger partial charge is 0.338 e. The Morgan fingerprint density at radius 1 is 1.56 bits per heavy atom. The molecular formula is C12H16N2OS. The van der Waals surface area contributed by atoms with E-state index in [0.717, 1.165) is 19.6 Å². The first kappa shape index (κ1) is 10.3. The molecule has 0 unspecified atom stereocenters. The van der Waals surface area contributed by atoms with Crippen LogP contribution >= 0.6 is 11.3 Å². The van der Waals surface area contributed by atoms with Gasteiger partial charge in [-0.25, -0.2) is 0 Å². The van der Waals surface area contributed by atoms with E-state index in [1.54, 1.807) is 11.3 Å². The van der Waals surface area contributed by atoms with Crippen LogP contribution in [0.5, 0.6) is 0 Å². The highest BCUT2D eigenvalue weighted by Gasteiger charge is 2.39. The molecule has 1 aromatic heterocycles. The van der Waals surface area contributed by atoms with Gasteiger partial charge in [0.25, 0.3) is 0 Å². The van der Waals surface area contributed by atoms with Crippen LogP contribution in [0.3, 0.4) is 0 Å². The molecule has 0 aromatic carbocycles. The van der Waals surface area contributed by atoms with Crippen molar-refractivity contribution in [3.8, 4) is 0 Å². The van der Waals surface area contributed by atoms with Gasteiger partial charge in [0, 0.05) is 30.6 Å². The van der Waals surface area contributed by atoms with Gasteiger partial charge in [-0.3, -0.25) is 4.79 Å². The van der Waals surface area contributed by atoms with Crippen molar-refractivity contribution in [2.45, 2.75) is 18.9 Å². The molecule has 3 nitrogen and oxygen atoms in total. The molecule has 86 valence electrons. The van der Waals surface area contributed by atoms with Gasteiger partial charge in [-0.2, -0.15) is 0 Å². The number of carbonyl (C=O) groups excluding carboxylic acids is 1. The molecule has 1 amide bonds. The maximum atomic E-state index is 12.2. The van der Waals surface area contributed by atoms with Crippen LogP contribution in [0.1, 0.15) is 11.3 Å². The summed E-state index contributed by atoms with van der Waals surface area (Å²) in [6, 6.07) is 4.52. The number of carbonyl (C=O) groups is 1. The maximum absolute atomic E-state index is 12.2. The summed E-state index contributed by atoms with van der Waals surface area (Å²) in [6.45, 7) is 3.04. The van der Waals surface area contributed by atoms with E-state index < -0.39 is 0 Å². The third-order valence-corrected chi connectivity index (χ3v) is 4.55. The first-order valence-corrected chi connectivity index (χ1v) is 6.75. The Morgan fingerprint density at radius 2 is 2.50 bits per heavy atom. The van der Waals surface area contributed by atoms with Gasteiger partial charge in [-0.1, -0.05) is 6.07 Å². The lowest BCUT2D eigenvalue weighted by Gasteiger charge is -2.23. The number of amides is 1. The zero-order valence-corrected chi connectivity index (χ0v) is 10.0. The summed E-state index contributed by atoms with van der Waals surface area (Å²) in [5, 5.41) is 5.41. The van der Waals surface area contributed by atoms with Crippen molar-refractivity contribution in [3.63, 3.8) is 0 Å². The van der Waals surface area contributed by atoms with E-state index in [-0.39, 0.29) is 0 Å². The first-order valence-electron chi connectivity index (χ1n) is 5.87. The van der Waals surface area contributed by atoms with Crippen molar-refractivity contribution in [3.05, 3.63) is 22.4 Å². The second kappa shape index (κ2) is 4.18. The molecule has 4 heteroatoms. The molecule has 2 aliphatic heterocycles. The van der Waals surface area contributed by atoms with Gasteiger partial charge in [0.15, 0.2) is 0 Å². The van der Waals surface area contributed by atoms with Gasteiger partial charge in [-0.05, 0) is 23.8 Å². The van der Waals surface area contributed by atoms with Crippen molar-refractivity contribution < 1.29 is 4.79 Å². The molecule has 2 saturated heterocycles. The number of nitrogens with zero attached hydrogens (tertiary/aromatic N) is 1. The lowest BCUT2D eigenvalue weighted by molar-refractivity contribution is -0.131. The highest BCUT2D eigenvalue weighted by atomic mass is 32.1. The highest BCUT2D eigenvalue weighted by molar-refractivity contribution is 7.10. The van der Waals surface area contributed by atoms with Crippen LogP contribution in [-0.4, -0.2) is 36.5 Å². The van der Waals surface area contributed by atoms with E-state index in [1.165, 1.54) is 11.3 Å². The van der Waals surface area contributed by atoms with E-state index in [4.69, 9.17) is 0 Å². The van der Waals surface area contributed by atoms with Crippen LogP contribution in [-0.2, 0) is 11.2 Å². The summed E-state index contributed by atoms with van der Waals surface area (Å²) < 4.78 is 0. The molecular weight excluding hydrogens is 220 g/mol. The molecule has 1 aromatic rings. The van der Waals surface area contributed by atoms with Crippen LogP contribution < -0.4 is 5.32 Å². The van der Waals surface area contributed by atoms with Gasteiger partial charge in [0.1, 0.15) is 0 Å². The SMILES string of the molecule is O=C(Cc1cccs1)N1CC[C@H]2CNC[C@H]21. The predicted molar refractivity (Wildman–Crippen MR) is 64.5 cm³/mol. The van der Waals surface area contributed by atoms with Crippen molar-refractivity contribution in [2.24, 2.45) is 5.92 Å². The Kier molecular flexibility index (Phi) is 2.69. The fourth-order valence-electron chi connectivity index (χ4n) is 2.82. The Hall–Kier alpha value is -0.870. The van der Waals surface area contributed by atoms with E-state index in [2.05, 4.69) is 10.2 Å². The maximum Gasteiger partial charge on any atom is 0.228 e. The number of hydrogen-bond acceptors (Lipinski definition) is 3. The van der Waals surface area contributed by atoms with E-state index in [9.17, 15) is 4.79 Å². The molecule has 2 aliphatic rings. The molecule has 0 spiro atoms. The topological polar surface area (TPSA) is 32.3 Å². The summed E-state index contributed by atoms with van der Waals surface area (Å²) in [5.41, 5.74) is 0. The number of hydrogen-bond donors (Lipinski definition) is 1. The van der Waals surface area contributed by atoms with Gasteiger partial charge in [-0.15, -0.1) is 11.3 Å². The average Bonchev–Trinajstić information content (AvgIpc) is 2.92. The quantitative estimate of drug-likeness (QED) is 0.834. The zero-order valence-electron chi connectivity index (χ0n) is 9.19. The fourth-order valence-corrected chi connectivity index (χ4v) is 3.52. The van der Waals surface area contributed by atoms with Crippen molar-refractivity contribution in [2.75, 3.05) is 19.6 Å². The minimum atomic E-state index is 0.304. The number of fused-ring (bicyclic) bond motifs is 1. The normalized spacial score (nSPS) is 28.4. The van der Waals surface area contributed by atoms with Crippen LogP contribution in [0.2, 0.25) is 0 Å². The fraction of sp³-hybridized carbons (Fsp3) is 0.583. The lowest BCUT2D eigenvalue weighted by atomic mass is 10.1. The lowest BCUT2D eigenvalue weighted by Crippen LogP contribution is -2.39. The second-order valence-corrected chi connectivity index (χ2v) is 5.65. The van der Waals surface area contributed by atoms with Crippen LogP contribution in [0.4, 0.5) is 0 Å². The molecule has 2 fully saturated rings. The first-order chi connectivity index (χ1) is 7.84. The smallest absolute Gasteiger partial charge is 0.228 e. The summed E-state index contributed by atoms with van der Waals surface area (Å²) >= 11 is 1.67. The molecule has 3 heterocycles. The Balaban J connectivity index is 1.67. The second-order valence-electron chi connectivity index (χ2n) is 4.62. The molecule has 0 aliphatic carbocycles. The summed E-state index contributed by atoms with van der Waals surface area (Å²) in [6.07, 6.45) is 1.76. The molecule has 1 N–H and O–H groups in total. The summed E-state index contributed by atoms with van der Waals surface area (Å²) in [5.74, 6) is 1.01. The van der Waals surface area contributed by atoms with E-state index in [1.807, 2.05) is 17.5 Å². The van der Waals surface area contributed by atoms with Gasteiger partial charge in [0.2, 0.25) is 5.91 Å². The minimum Gasteiger partial charge on any atom is -0.338 e. The number of thiophene rings is 1. The number of nitrogens with one attached hydrogen (secondary N) is 1. The number of rotatable bonds is 2. The molecule has 0 saturated carbocycles. The molecule has 3 rings (SSSR count). The van der Waals surface area contributed by atoms with Crippen molar-refractivity contribution in [1.82, 2.24) is 10.2 Å². The zero-order chi connectivity index (χ0) is 11.0. The van der Waals surface area contributed by atoms with Crippen molar-refractivity contribution >= 4 is 17.2 Å². The third kappa shape index (κ3) is 1.76. The van der Waals surface area contributed by atoms with Crippen molar-refractivity contribution in [1.29, 1.82) is 0 Å². The Labute approximate surface area is 99.5 Å². The molecule has 2 atom stereocenters. The van der Waals surface area contributed by atoms with Gasteiger partial charge >= 0.3 is 0 Å². The van der Waals surface area contributed by atoms with E-state index >= 15 is 0 Å². The number of likely N-dealkylation sites (tertiary alicyclic amines) is 1.